The molecule has 18 aromatic carbocycles. The summed E-state index contributed by atoms with van der Waals surface area (Å²) in [5, 5.41) is 0. The van der Waals surface area contributed by atoms with Crippen LogP contribution in [0.25, 0.3) is 191 Å². The van der Waals surface area contributed by atoms with Gasteiger partial charge in [-0.1, -0.05) is 400 Å². The molecule has 24 aromatic rings. The highest BCUT2D eigenvalue weighted by molar-refractivity contribution is 6.02. The molecule has 0 bridgehead atoms. The summed E-state index contributed by atoms with van der Waals surface area (Å²) < 4.78 is 22.3. The maximum absolute atomic E-state index is 7.47. The Morgan fingerprint density at radius 3 is 0.947 bits per heavy atom. The number of rotatable bonds is 14. The van der Waals surface area contributed by atoms with E-state index in [1.165, 1.54) is 22.3 Å². The van der Waals surface area contributed by atoms with Gasteiger partial charge in [0.25, 0.3) is 0 Å². The Bertz CT molecular complexity index is 9540. The lowest BCUT2D eigenvalue weighted by Crippen LogP contribution is -2.32. The molecule has 0 fully saturated rings. The van der Waals surface area contributed by atoms with E-state index >= 15 is 0 Å². The third kappa shape index (κ3) is 13.0. The average Bonchev–Trinajstić information content (AvgIpc) is 1.56. The first-order valence-corrected chi connectivity index (χ1v) is 50.7. The zero-order chi connectivity index (χ0) is 98.7. The van der Waals surface area contributed by atoms with Crippen molar-refractivity contribution in [3.05, 3.63) is 571 Å². The molecule has 6 aromatic heterocycles. The van der Waals surface area contributed by atoms with Crippen molar-refractivity contribution in [2.75, 3.05) is 0 Å². The quantitative estimate of drug-likeness (QED) is 0.102. The summed E-state index contributed by atoms with van der Waals surface area (Å²) in [5.74, 6) is 6.27. The van der Waals surface area contributed by atoms with E-state index in [1.807, 2.05) is 97.2 Å². The van der Waals surface area contributed by atoms with Crippen molar-refractivity contribution in [3.8, 4) is 226 Å². The smallest absolute Gasteiger partial charge is 0.160 e. The van der Waals surface area contributed by atoms with Crippen molar-refractivity contribution in [1.82, 2.24) is 44.9 Å². The zero-order valence-electron chi connectivity index (χ0n) is 80.7. The van der Waals surface area contributed by atoms with Crippen molar-refractivity contribution in [2.24, 2.45) is 0 Å². The molecule has 3 aliphatic carbocycles. The minimum absolute atomic E-state index is 0.569. The maximum atomic E-state index is 7.47. The number of nitrogens with zero attached hydrogens (tertiary/aromatic N) is 9. The molecule has 9 heterocycles. The molecule has 6 aliphatic rings. The third-order valence-electron chi connectivity index (χ3n) is 31.1. The van der Waals surface area contributed by atoms with Gasteiger partial charge in [-0.3, -0.25) is 9.97 Å². The van der Waals surface area contributed by atoms with Crippen molar-refractivity contribution in [1.29, 1.82) is 0 Å². The topological polar surface area (TPSA) is 144 Å². The Kier molecular flexibility index (Phi) is 19.5. The summed E-state index contributed by atoms with van der Waals surface area (Å²) in [6.45, 7) is 0. The van der Waals surface area contributed by atoms with E-state index in [-0.39, 0.29) is 0 Å². The molecule has 30 rings (SSSR count). The van der Waals surface area contributed by atoms with Crippen LogP contribution in [0.15, 0.2) is 504 Å². The highest BCUT2D eigenvalue weighted by atomic mass is 16.5. The first-order chi connectivity index (χ1) is 74.3. The van der Waals surface area contributed by atoms with Crippen LogP contribution in [0.4, 0.5) is 0 Å². The van der Waals surface area contributed by atoms with Crippen LogP contribution in [0.5, 0.6) is 34.5 Å². The van der Waals surface area contributed by atoms with E-state index in [4.69, 9.17) is 59.1 Å². The fraction of sp³-hybridized carbons (Fsp3) is 0.0217. The zero-order valence-corrected chi connectivity index (χ0v) is 80.7. The van der Waals surface area contributed by atoms with Gasteiger partial charge in [0.1, 0.15) is 34.5 Å². The van der Waals surface area contributed by atoms with Crippen LogP contribution in [0.1, 0.15) is 66.8 Å². The highest BCUT2D eigenvalue weighted by Crippen LogP contribution is 2.69. The van der Waals surface area contributed by atoms with Crippen LogP contribution in [0.2, 0.25) is 0 Å². The molecule has 698 valence electrons. The van der Waals surface area contributed by atoms with Gasteiger partial charge in [0, 0.05) is 113 Å². The van der Waals surface area contributed by atoms with Crippen LogP contribution >= 0.6 is 0 Å². The summed E-state index contributed by atoms with van der Waals surface area (Å²) in [6, 6.07) is 174. The van der Waals surface area contributed by atoms with Gasteiger partial charge in [0.05, 0.1) is 73.2 Å². The molecule has 0 saturated heterocycles. The minimum atomic E-state index is -0.897. The summed E-state index contributed by atoms with van der Waals surface area (Å²) >= 11 is 0. The van der Waals surface area contributed by atoms with Crippen LogP contribution in [-0.4, -0.2) is 44.9 Å². The van der Waals surface area contributed by atoms with Crippen LogP contribution < -0.4 is 14.2 Å². The molecule has 3 aliphatic heterocycles. The second-order valence-electron chi connectivity index (χ2n) is 39.0. The fourth-order valence-electron chi connectivity index (χ4n) is 24.8. The Hall–Kier alpha value is -20.0. The number of para-hydroxylation sites is 6. The van der Waals surface area contributed by atoms with Crippen LogP contribution in [0, 0.1) is 0 Å². The van der Waals surface area contributed by atoms with Gasteiger partial charge in [-0.05, 0) is 174 Å². The lowest BCUT2D eigenvalue weighted by atomic mass is 9.65. The molecule has 0 radical (unpaired) electrons. The van der Waals surface area contributed by atoms with Crippen molar-refractivity contribution < 1.29 is 14.2 Å². The average molecular weight is 1920 g/mol. The predicted molar refractivity (Wildman–Crippen MR) is 595 cm³/mol. The van der Waals surface area contributed by atoms with E-state index in [0.717, 1.165) is 219 Å². The Morgan fingerprint density at radius 2 is 0.460 bits per heavy atom. The molecule has 150 heavy (non-hydrogen) atoms. The van der Waals surface area contributed by atoms with E-state index in [2.05, 4.69) is 407 Å². The predicted octanol–water partition coefficient (Wildman–Crippen LogP) is 33.0. The van der Waals surface area contributed by atoms with Crippen molar-refractivity contribution in [3.63, 3.8) is 0 Å². The van der Waals surface area contributed by atoms with Crippen LogP contribution in [-0.2, 0) is 16.2 Å². The SMILES string of the molecule is c1ccc(-c2cc(-c3ccc(-c4cccc5c4Oc4ccccc4C54c5ccccc5-c5c(-c6cnc(-c7cccc8c7Oc7ccccc7C87c8ccccc8-c8ccccc87)c(-c7cc(-c8ccccc8)nc(-c8ccccc8)n7)c6)cccc54)nc3)nc(-c3cccc(-c4cccc5c4-c4ccccc4C54c5ccccc5Oc5c(-c6cccc(-c7cc(-c8ccccc8)nc(-c8ccccc8)n7)n6)cccc54)c3)n2)cc1. The number of pyridine rings is 3. The largest absolute Gasteiger partial charge is 0.456 e. The fourth-order valence-corrected chi connectivity index (χ4v) is 24.8. The molecule has 0 amide bonds. The normalized spacial score (nSPS) is 14.7. The molecule has 12 nitrogen and oxygen atoms in total. The maximum Gasteiger partial charge on any atom is 0.160 e. The number of hydrogen-bond donors (Lipinski definition) is 0. The van der Waals surface area contributed by atoms with Gasteiger partial charge in [0.2, 0.25) is 0 Å². The number of benzene rings is 18. The molecule has 0 saturated carbocycles. The molecule has 0 N–H and O–H groups in total. The third-order valence-corrected chi connectivity index (χ3v) is 31.1. The second kappa shape index (κ2) is 34.1. The molecule has 2 atom stereocenters. The molecular weight excluding hydrogens is 1830 g/mol. The minimum Gasteiger partial charge on any atom is -0.456 e. The second-order valence-corrected chi connectivity index (χ2v) is 39.0. The first-order valence-electron chi connectivity index (χ1n) is 50.7. The summed E-state index contributed by atoms with van der Waals surface area (Å²) in [4.78, 5) is 49.2. The lowest BCUT2D eigenvalue weighted by molar-refractivity contribution is 0.437. The Labute approximate surface area is 865 Å². The van der Waals surface area contributed by atoms with Gasteiger partial charge >= 0.3 is 0 Å². The number of aromatic nitrogens is 9. The van der Waals surface area contributed by atoms with E-state index in [1.54, 1.807) is 0 Å². The Morgan fingerprint density at radius 1 is 0.147 bits per heavy atom. The molecular formula is C138H83N9O3. The van der Waals surface area contributed by atoms with E-state index in [0.29, 0.717) is 51.7 Å². The molecule has 2 unspecified atom stereocenters. The van der Waals surface area contributed by atoms with Gasteiger partial charge < -0.3 is 14.2 Å². The van der Waals surface area contributed by atoms with Crippen LogP contribution in [0.3, 0.4) is 0 Å². The van der Waals surface area contributed by atoms with E-state index in [9.17, 15) is 0 Å². The van der Waals surface area contributed by atoms with Crippen molar-refractivity contribution in [2.45, 2.75) is 16.2 Å². The molecule has 3 spiro atoms. The molecule has 12 heteroatoms. The van der Waals surface area contributed by atoms with Gasteiger partial charge in [0.15, 0.2) is 17.5 Å². The highest BCUT2D eigenvalue weighted by Gasteiger charge is 2.56. The standard InChI is InChI=1S/C138H83N9O3/c1-6-37-84(38-7-1)118-79-121(145-135(144-118)90-48-30-47-89(77-90)93-53-31-65-110-127(93)97-51-18-22-60-105(97)137(110)109-64-26-29-74-126(109)149-131-100(56-34-68-113(131)137)116-70-36-71-117(141-116)123-81-120(86-41-10-3-11-42-86)143-134(147-123)88-45-14-5-15-46-88)91-75-76-115(139-82-91)99-55-33-67-112-130(99)148-125-73-28-25-63-108(125)138(112)106-61-23-19-52-98(106)128-94(54-32-66-111(128)138)92-78-102(122-80-119(85-39-8-2-9-40-85)142-133(146-122)87-43-12-4-13-44-87)129(140-83-92)101-57-35-69-114-132(101)150-124-72-27-24-62-107(124)136(114)103-58-20-16-49-95(103)96-50-17-21-59-104(96)136/h1-83H. The monoisotopic (exact) mass is 1910 g/mol. The summed E-state index contributed by atoms with van der Waals surface area (Å²) in [5.41, 5.74) is 38.7. The van der Waals surface area contributed by atoms with Crippen molar-refractivity contribution >= 4 is 0 Å². The summed E-state index contributed by atoms with van der Waals surface area (Å²) in [7, 11) is 0. The lowest BCUT2D eigenvalue weighted by Gasteiger charge is -2.40. The van der Waals surface area contributed by atoms with Gasteiger partial charge in [-0.2, -0.15) is 0 Å². The van der Waals surface area contributed by atoms with E-state index < -0.39 is 16.2 Å². The first kappa shape index (κ1) is 85.6. The number of ether oxygens (including phenoxy) is 3. The number of fused-ring (bicyclic) bond motifs is 27. The summed E-state index contributed by atoms with van der Waals surface area (Å²) in [6.07, 6.45) is 4.00. The van der Waals surface area contributed by atoms with Gasteiger partial charge in [-0.15, -0.1) is 0 Å². The number of hydrogen-bond acceptors (Lipinski definition) is 12. The van der Waals surface area contributed by atoms with Gasteiger partial charge in [-0.25, -0.2) is 34.9 Å². The Balaban J connectivity index is 0.527.